The maximum atomic E-state index is 5.06. The highest BCUT2D eigenvalue weighted by Crippen LogP contribution is 2.56. The third-order valence-corrected chi connectivity index (χ3v) is 10.2. The Hall–Kier alpha value is -4.54. The molecule has 0 bridgehead atoms. The summed E-state index contributed by atoms with van der Waals surface area (Å²) in [6, 6.07) is 45.1. The Morgan fingerprint density at radius 3 is 1.70 bits per heavy atom. The van der Waals surface area contributed by atoms with Crippen LogP contribution in [-0.2, 0) is 5.41 Å². The van der Waals surface area contributed by atoms with Crippen molar-refractivity contribution in [3.8, 4) is 45.3 Å². The van der Waals surface area contributed by atoms with Crippen LogP contribution in [0.2, 0.25) is 0 Å². The van der Waals surface area contributed by atoms with Gasteiger partial charge in [0.15, 0.2) is 17.5 Å². The van der Waals surface area contributed by atoms with Gasteiger partial charge in [-0.05, 0) is 53.3 Å². The molecule has 0 unspecified atom stereocenters. The Balaban J connectivity index is 1.29. The third kappa shape index (κ3) is 4.67. The summed E-state index contributed by atoms with van der Waals surface area (Å²) in [5.74, 6) is 2.05. The van der Waals surface area contributed by atoms with Crippen LogP contribution in [0.25, 0.3) is 45.3 Å². The lowest BCUT2D eigenvalue weighted by Crippen LogP contribution is -2.33. The van der Waals surface area contributed by atoms with Crippen LogP contribution in [0.1, 0.15) is 43.2 Å². The summed E-state index contributed by atoms with van der Waals surface area (Å²) >= 11 is 1.92. The van der Waals surface area contributed by atoms with E-state index >= 15 is 0 Å². The van der Waals surface area contributed by atoms with Crippen molar-refractivity contribution in [1.82, 2.24) is 15.0 Å². The zero-order chi connectivity index (χ0) is 28.6. The fourth-order valence-electron chi connectivity index (χ4n) is 6.93. The maximum absolute atomic E-state index is 5.06. The number of benzene rings is 5. The first-order valence-electron chi connectivity index (χ1n) is 15.2. The standard InChI is InChI=1S/C39H31N3S/c1-4-14-27(15-5-1)36-40-37(28-16-6-2-7-17-28)42-38(41-36)31-19-9-8-18-30(31)29-22-23-35-33(26-29)39(24-12-3-13-25-39)32-20-10-11-21-34(32)43-35/h1-2,4-11,14-23,26H,3,12-13,24-25H2. The lowest BCUT2D eigenvalue weighted by atomic mass is 9.64. The van der Waals surface area contributed by atoms with E-state index in [1.165, 1.54) is 58.6 Å². The van der Waals surface area contributed by atoms with Crippen LogP contribution in [-0.4, -0.2) is 15.0 Å². The molecule has 2 aliphatic rings. The van der Waals surface area contributed by atoms with Crippen LogP contribution in [0.15, 0.2) is 137 Å². The molecule has 0 saturated heterocycles. The molecule has 1 aromatic heterocycles. The minimum absolute atomic E-state index is 0.0779. The van der Waals surface area contributed by atoms with Crippen LogP contribution in [0.5, 0.6) is 0 Å². The molecule has 43 heavy (non-hydrogen) atoms. The molecule has 5 aromatic carbocycles. The van der Waals surface area contributed by atoms with Gasteiger partial charge in [0.2, 0.25) is 0 Å². The fraction of sp³-hybridized carbons (Fsp3) is 0.154. The van der Waals surface area contributed by atoms with Crippen LogP contribution in [0.4, 0.5) is 0 Å². The Kier molecular flexibility index (Phi) is 6.65. The molecule has 0 amide bonds. The van der Waals surface area contributed by atoms with Crippen molar-refractivity contribution in [2.45, 2.75) is 47.3 Å². The molecular weight excluding hydrogens is 543 g/mol. The molecule has 4 heteroatoms. The van der Waals surface area contributed by atoms with Gasteiger partial charge in [0, 0.05) is 31.9 Å². The van der Waals surface area contributed by atoms with E-state index in [2.05, 4.69) is 91.0 Å². The van der Waals surface area contributed by atoms with Gasteiger partial charge in [-0.3, -0.25) is 0 Å². The molecule has 1 fully saturated rings. The molecule has 0 radical (unpaired) electrons. The van der Waals surface area contributed by atoms with Crippen LogP contribution in [0, 0.1) is 0 Å². The van der Waals surface area contributed by atoms with Gasteiger partial charge >= 0.3 is 0 Å². The van der Waals surface area contributed by atoms with Crippen LogP contribution in [0.3, 0.4) is 0 Å². The van der Waals surface area contributed by atoms with Crippen molar-refractivity contribution in [2.75, 3.05) is 0 Å². The molecule has 208 valence electrons. The van der Waals surface area contributed by atoms with E-state index in [0.29, 0.717) is 17.5 Å². The molecule has 0 N–H and O–H groups in total. The lowest BCUT2D eigenvalue weighted by molar-refractivity contribution is 0.335. The zero-order valence-corrected chi connectivity index (χ0v) is 24.7. The predicted octanol–water partition coefficient (Wildman–Crippen LogP) is 10.3. The number of hydrogen-bond donors (Lipinski definition) is 0. The second-order valence-electron chi connectivity index (χ2n) is 11.5. The van der Waals surface area contributed by atoms with Gasteiger partial charge in [-0.15, -0.1) is 0 Å². The van der Waals surface area contributed by atoms with Gasteiger partial charge < -0.3 is 0 Å². The summed E-state index contributed by atoms with van der Waals surface area (Å²) in [6.07, 6.45) is 6.28. The summed E-state index contributed by atoms with van der Waals surface area (Å²) in [7, 11) is 0. The summed E-state index contributed by atoms with van der Waals surface area (Å²) in [4.78, 5) is 17.8. The van der Waals surface area contributed by atoms with E-state index in [1.807, 2.05) is 48.2 Å². The zero-order valence-electron chi connectivity index (χ0n) is 23.9. The largest absolute Gasteiger partial charge is 0.208 e. The van der Waals surface area contributed by atoms with E-state index in [1.54, 1.807) is 0 Å². The average molecular weight is 574 g/mol. The Bertz CT molecular complexity index is 1870. The Labute approximate surface area is 257 Å². The highest BCUT2D eigenvalue weighted by atomic mass is 32.2. The summed E-state index contributed by atoms with van der Waals surface area (Å²) < 4.78 is 0. The quantitative estimate of drug-likeness (QED) is 0.210. The van der Waals surface area contributed by atoms with Gasteiger partial charge in [-0.1, -0.05) is 140 Å². The smallest absolute Gasteiger partial charge is 0.164 e. The van der Waals surface area contributed by atoms with Gasteiger partial charge in [0.1, 0.15) is 0 Å². The molecule has 1 spiro atoms. The monoisotopic (exact) mass is 573 g/mol. The Morgan fingerprint density at radius 1 is 0.442 bits per heavy atom. The summed E-state index contributed by atoms with van der Waals surface area (Å²) in [5, 5.41) is 0. The molecule has 2 heterocycles. The minimum Gasteiger partial charge on any atom is -0.208 e. The van der Waals surface area contributed by atoms with Crippen molar-refractivity contribution in [2.24, 2.45) is 0 Å². The molecule has 6 aromatic rings. The summed E-state index contributed by atoms with van der Waals surface area (Å²) in [5.41, 5.74) is 8.39. The van der Waals surface area contributed by atoms with Gasteiger partial charge in [-0.25, -0.2) is 15.0 Å². The number of rotatable bonds is 4. The lowest BCUT2D eigenvalue weighted by Gasteiger charge is -2.43. The second-order valence-corrected chi connectivity index (χ2v) is 12.6. The highest BCUT2D eigenvalue weighted by molar-refractivity contribution is 7.99. The van der Waals surface area contributed by atoms with E-state index in [4.69, 9.17) is 15.0 Å². The molecule has 1 saturated carbocycles. The fourth-order valence-corrected chi connectivity index (χ4v) is 8.19. The van der Waals surface area contributed by atoms with Crippen molar-refractivity contribution < 1.29 is 0 Å². The highest BCUT2D eigenvalue weighted by Gasteiger charge is 2.41. The molecule has 0 atom stereocenters. The molecule has 3 nitrogen and oxygen atoms in total. The average Bonchev–Trinajstić information content (AvgIpc) is 3.09. The van der Waals surface area contributed by atoms with Gasteiger partial charge in [0.25, 0.3) is 0 Å². The van der Waals surface area contributed by atoms with Crippen LogP contribution >= 0.6 is 11.8 Å². The van der Waals surface area contributed by atoms with Crippen molar-refractivity contribution >= 4 is 11.8 Å². The predicted molar refractivity (Wildman–Crippen MR) is 176 cm³/mol. The maximum Gasteiger partial charge on any atom is 0.164 e. The minimum atomic E-state index is 0.0779. The van der Waals surface area contributed by atoms with Crippen LogP contribution < -0.4 is 0 Å². The molecule has 1 aliphatic heterocycles. The topological polar surface area (TPSA) is 38.7 Å². The second kappa shape index (κ2) is 10.9. The van der Waals surface area contributed by atoms with Gasteiger partial charge in [0.05, 0.1) is 0 Å². The SMILES string of the molecule is c1ccc(-c2nc(-c3ccccc3)nc(-c3ccccc3-c3ccc4c(c3)C3(CCCCC3)c3ccccc3S4)n2)cc1. The van der Waals surface area contributed by atoms with E-state index < -0.39 is 0 Å². The number of fused-ring (bicyclic) bond motifs is 4. The summed E-state index contributed by atoms with van der Waals surface area (Å²) in [6.45, 7) is 0. The van der Waals surface area contributed by atoms with E-state index in [-0.39, 0.29) is 5.41 Å². The third-order valence-electron chi connectivity index (χ3n) is 9.00. The Morgan fingerprint density at radius 2 is 1.00 bits per heavy atom. The molecular formula is C39H31N3S. The van der Waals surface area contributed by atoms with E-state index in [9.17, 15) is 0 Å². The normalized spacial score (nSPS) is 15.1. The van der Waals surface area contributed by atoms with Crippen molar-refractivity contribution in [3.63, 3.8) is 0 Å². The first kappa shape index (κ1) is 26.1. The van der Waals surface area contributed by atoms with E-state index in [0.717, 1.165) is 22.3 Å². The molecule has 8 rings (SSSR count). The first-order chi connectivity index (χ1) is 21.3. The van der Waals surface area contributed by atoms with Crippen molar-refractivity contribution in [3.05, 3.63) is 139 Å². The first-order valence-corrected chi connectivity index (χ1v) is 16.0. The number of aromatic nitrogens is 3. The van der Waals surface area contributed by atoms with Gasteiger partial charge in [-0.2, -0.15) is 0 Å². The number of nitrogens with zero attached hydrogens (tertiary/aromatic N) is 3. The van der Waals surface area contributed by atoms with Crippen molar-refractivity contribution in [1.29, 1.82) is 0 Å². The molecule has 1 aliphatic carbocycles. The number of hydrogen-bond acceptors (Lipinski definition) is 4.